The summed E-state index contributed by atoms with van der Waals surface area (Å²) in [5, 5.41) is 6.40. The lowest BCUT2D eigenvalue weighted by Gasteiger charge is -2.33. The molecule has 2 aliphatic heterocycles. The Balaban J connectivity index is 1.58. The molecule has 1 fully saturated rings. The fourth-order valence-electron chi connectivity index (χ4n) is 3.15. The van der Waals surface area contributed by atoms with Gasteiger partial charge in [-0.15, -0.1) is 0 Å². The summed E-state index contributed by atoms with van der Waals surface area (Å²) in [5.74, 6) is 0. The number of carbonyl (C=O) groups is 1. The van der Waals surface area contributed by atoms with Gasteiger partial charge in [-0.2, -0.15) is 0 Å². The van der Waals surface area contributed by atoms with E-state index in [1.165, 1.54) is 18.4 Å². The van der Waals surface area contributed by atoms with Gasteiger partial charge in [-0.1, -0.05) is 18.2 Å². The van der Waals surface area contributed by atoms with Crippen LogP contribution >= 0.6 is 0 Å². The molecule has 20 heavy (non-hydrogen) atoms. The number of likely N-dealkylation sites (tertiary alicyclic amines) is 1. The minimum Gasteiger partial charge on any atom is -0.453 e. The molecule has 1 aromatic rings. The smallest absolute Gasteiger partial charge is 0.407 e. The van der Waals surface area contributed by atoms with Crippen molar-refractivity contribution < 1.29 is 9.53 Å². The van der Waals surface area contributed by atoms with E-state index in [1.54, 1.807) is 0 Å². The maximum absolute atomic E-state index is 11.3. The number of fused-ring (bicyclic) bond motifs is 1. The van der Waals surface area contributed by atoms with Crippen LogP contribution in [-0.4, -0.2) is 49.8 Å². The highest BCUT2D eigenvalue weighted by atomic mass is 16.5. The number of benzene rings is 1. The lowest BCUT2D eigenvalue weighted by molar-refractivity contribution is 0.165. The molecule has 3 rings (SSSR count). The van der Waals surface area contributed by atoms with E-state index in [9.17, 15) is 4.79 Å². The lowest BCUT2D eigenvalue weighted by atomic mass is 9.99. The average Bonchev–Trinajstić information content (AvgIpc) is 2.95. The Morgan fingerprint density at radius 2 is 2.30 bits per heavy atom. The van der Waals surface area contributed by atoms with E-state index in [4.69, 9.17) is 0 Å². The van der Waals surface area contributed by atoms with E-state index in [1.807, 2.05) is 0 Å². The molecule has 2 aliphatic rings. The average molecular weight is 275 g/mol. The van der Waals surface area contributed by atoms with Gasteiger partial charge in [0, 0.05) is 37.4 Å². The number of ether oxygens (including phenoxy) is 1. The second kappa shape index (κ2) is 5.71. The summed E-state index contributed by atoms with van der Waals surface area (Å²) in [4.78, 5) is 13.7. The minimum atomic E-state index is -0.330. The van der Waals surface area contributed by atoms with E-state index in [0.29, 0.717) is 6.04 Å². The van der Waals surface area contributed by atoms with Gasteiger partial charge < -0.3 is 15.4 Å². The maximum atomic E-state index is 11.3. The van der Waals surface area contributed by atoms with Crippen molar-refractivity contribution in [2.45, 2.75) is 24.9 Å². The van der Waals surface area contributed by atoms with Gasteiger partial charge in [0.1, 0.15) is 0 Å². The Kier molecular flexibility index (Phi) is 3.78. The van der Waals surface area contributed by atoms with Crippen LogP contribution in [0.4, 0.5) is 10.5 Å². The molecule has 1 saturated heterocycles. The van der Waals surface area contributed by atoms with Gasteiger partial charge in [-0.25, -0.2) is 4.79 Å². The molecular weight excluding hydrogens is 254 g/mol. The molecule has 5 nitrogen and oxygen atoms in total. The summed E-state index contributed by atoms with van der Waals surface area (Å²) < 4.78 is 4.66. The Hall–Kier alpha value is -1.75. The topological polar surface area (TPSA) is 53.6 Å². The number of hydrogen-bond acceptors (Lipinski definition) is 4. The van der Waals surface area contributed by atoms with E-state index >= 15 is 0 Å². The lowest BCUT2D eigenvalue weighted by Crippen LogP contribution is -2.45. The van der Waals surface area contributed by atoms with Crippen LogP contribution in [-0.2, 0) is 11.2 Å². The highest BCUT2D eigenvalue weighted by Crippen LogP contribution is 2.25. The predicted molar refractivity (Wildman–Crippen MR) is 77.9 cm³/mol. The van der Waals surface area contributed by atoms with Gasteiger partial charge in [-0.3, -0.25) is 4.90 Å². The highest BCUT2D eigenvalue weighted by molar-refractivity contribution is 5.67. The molecule has 0 bridgehead atoms. The maximum Gasteiger partial charge on any atom is 0.407 e. The number of rotatable bonds is 2. The molecule has 0 aromatic heterocycles. The fourth-order valence-corrected chi connectivity index (χ4v) is 3.15. The third kappa shape index (κ3) is 2.72. The predicted octanol–water partition coefficient (Wildman–Crippen LogP) is 1.45. The first-order valence-electron chi connectivity index (χ1n) is 7.16. The number of methoxy groups -OCH3 is 1. The molecule has 0 aliphatic carbocycles. The zero-order valence-electron chi connectivity index (χ0n) is 11.8. The zero-order chi connectivity index (χ0) is 13.9. The molecule has 108 valence electrons. The molecule has 5 heteroatoms. The van der Waals surface area contributed by atoms with Gasteiger partial charge in [0.25, 0.3) is 0 Å². The first-order valence-corrected chi connectivity index (χ1v) is 7.16. The number of alkyl carbamates (subject to hydrolysis) is 1. The number of amides is 1. The van der Waals surface area contributed by atoms with Gasteiger partial charge in [0.05, 0.1) is 7.11 Å². The molecule has 2 heterocycles. The Labute approximate surface area is 119 Å². The molecule has 2 unspecified atom stereocenters. The Morgan fingerprint density at radius 1 is 1.45 bits per heavy atom. The number of hydrogen-bond donors (Lipinski definition) is 2. The summed E-state index contributed by atoms with van der Waals surface area (Å²) in [7, 11) is 1.41. The summed E-state index contributed by atoms with van der Waals surface area (Å²) in [5.41, 5.74) is 2.64. The van der Waals surface area contributed by atoms with Crippen molar-refractivity contribution in [3.05, 3.63) is 29.8 Å². The number of nitrogens with zero attached hydrogens (tertiary/aromatic N) is 1. The standard InChI is InChI=1S/C15H21N3O2/c1-20-15(19)17-12-6-7-18(10-12)13-8-11-4-2-3-5-14(11)16-9-13/h2-5,12-13,16H,6-10H2,1H3,(H,17,19). The van der Waals surface area contributed by atoms with Gasteiger partial charge in [0.2, 0.25) is 0 Å². The van der Waals surface area contributed by atoms with Crippen molar-refractivity contribution in [1.82, 2.24) is 10.2 Å². The van der Waals surface area contributed by atoms with E-state index in [2.05, 4.69) is 44.5 Å². The van der Waals surface area contributed by atoms with Crippen LogP contribution < -0.4 is 10.6 Å². The monoisotopic (exact) mass is 275 g/mol. The molecule has 1 aromatic carbocycles. The van der Waals surface area contributed by atoms with Crippen LogP contribution in [0.2, 0.25) is 0 Å². The van der Waals surface area contributed by atoms with Crippen molar-refractivity contribution in [3.8, 4) is 0 Å². The number of para-hydroxylation sites is 1. The zero-order valence-corrected chi connectivity index (χ0v) is 11.8. The van der Waals surface area contributed by atoms with Crippen molar-refractivity contribution in [1.29, 1.82) is 0 Å². The Morgan fingerprint density at radius 3 is 3.15 bits per heavy atom. The minimum absolute atomic E-state index is 0.208. The fraction of sp³-hybridized carbons (Fsp3) is 0.533. The van der Waals surface area contributed by atoms with Crippen LogP contribution in [0.1, 0.15) is 12.0 Å². The second-order valence-electron chi connectivity index (χ2n) is 5.51. The van der Waals surface area contributed by atoms with Crippen molar-refractivity contribution in [3.63, 3.8) is 0 Å². The van der Waals surface area contributed by atoms with Crippen molar-refractivity contribution >= 4 is 11.8 Å². The van der Waals surface area contributed by atoms with Crippen molar-refractivity contribution in [2.24, 2.45) is 0 Å². The molecule has 2 N–H and O–H groups in total. The Bertz CT molecular complexity index is 492. The number of nitrogens with one attached hydrogen (secondary N) is 2. The number of anilines is 1. The summed E-state index contributed by atoms with van der Waals surface area (Å²) >= 11 is 0. The summed E-state index contributed by atoms with van der Waals surface area (Å²) in [6.45, 7) is 2.91. The molecular formula is C15H21N3O2. The van der Waals surface area contributed by atoms with Gasteiger partial charge in [0.15, 0.2) is 0 Å². The third-order valence-corrected chi connectivity index (χ3v) is 4.24. The van der Waals surface area contributed by atoms with E-state index in [0.717, 1.165) is 32.5 Å². The molecule has 2 atom stereocenters. The molecule has 1 amide bonds. The molecule has 0 saturated carbocycles. The summed E-state index contributed by atoms with van der Waals surface area (Å²) in [6, 6.07) is 9.20. The van der Waals surface area contributed by atoms with E-state index < -0.39 is 0 Å². The second-order valence-corrected chi connectivity index (χ2v) is 5.51. The van der Waals surface area contributed by atoms with Crippen LogP contribution in [0.15, 0.2) is 24.3 Å². The normalized spacial score (nSPS) is 25.6. The summed E-state index contributed by atoms with van der Waals surface area (Å²) in [6.07, 6.45) is 1.74. The van der Waals surface area contributed by atoms with Gasteiger partial charge >= 0.3 is 6.09 Å². The van der Waals surface area contributed by atoms with Crippen LogP contribution in [0.5, 0.6) is 0 Å². The highest BCUT2D eigenvalue weighted by Gasteiger charge is 2.31. The van der Waals surface area contributed by atoms with Crippen LogP contribution in [0, 0.1) is 0 Å². The van der Waals surface area contributed by atoms with Crippen LogP contribution in [0.25, 0.3) is 0 Å². The van der Waals surface area contributed by atoms with Crippen molar-refractivity contribution in [2.75, 3.05) is 32.1 Å². The number of carbonyl (C=O) groups excluding carboxylic acids is 1. The largest absolute Gasteiger partial charge is 0.453 e. The molecule has 0 radical (unpaired) electrons. The van der Waals surface area contributed by atoms with Crippen LogP contribution in [0.3, 0.4) is 0 Å². The first-order chi connectivity index (χ1) is 9.76. The first kappa shape index (κ1) is 13.2. The molecule has 0 spiro atoms. The quantitative estimate of drug-likeness (QED) is 0.858. The van der Waals surface area contributed by atoms with E-state index in [-0.39, 0.29) is 12.1 Å². The SMILES string of the molecule is COC(=O)NC1CCN(C2CNc3ccccc3C2)C1. The van der Waals surface area contributed by atoms with Gasteiger partial charge in [-0.05, 0) is 24.5 Å². The third-order valence-electron chi connectivity index (χ3n) is 4.24.